The highest BCUT2D eigenvalue weighted by molar-refractivity contribution is 7.99. The molecule has 0 N–H and O–H groups in total. The van der Waals surface area contributed by atoms with Gasteiger partial charge in [-0.05, 0) is 56.1 Å². The van der Waals surface area contributed by atoms with Gasteiger partial charge in [0.05, 0.1) is 5.60 Å². The lowest BCUT2D eigenvalue weighted by molar-refractivity contribution is -0.139. The standard InChI is InChI=1S/C16H24O2S/c17-15(14-8-11-1-2-12(14)7-11)13-3-5-18-16(9-13)4-6-19-10-16/h11-14H,1-10H2. The number of hydrogen-bond donors (Lipinski definition) is 0. The van der Waals surface area contributed by atoms with Crippen LogP contribution in [0.3, 0.4) is 0 Å². The van der Waals surface area contributed by atoms with Crippen LogP contribution in [0.4, 0.5) is 0 Å². The van der Waals surface area contributed by atoms with E-state index < -0.39 is 0 Å². The normalized spacial score (nSPS) is 49.1. The molecule has 4 fully saturated rings. The molecule has 0 radical (unpaired) electrons. The third-order valence-corrected chi connectivity index (χ3v) is 7.29. The topological polar surface area (TPSA) is 26.3 Å². The number of Topliss-reactive ketones (excluding diaryl/α,β-unsaturated/α-hetero) is 1. The molecule has 4 aliphatic rings. The second-order valence-electron chi connectivity index (χ2n) is 7.21. The number of ketones is 1. The monoisotopic (exact) mass is 280 g/mol. The van der Waals surface area contributed by atoms with Crippen LogP contribution in [0.25, 0.3) is 0 Å². The number of hydrogen-bond acceptors (Lipinski definition) is 3. The van der Waals surface area contributed by atoms with Crippen molar-refractivity contribution in [3.8, 4) is 0 Å². The van der Waals surface area contributed by atoms with E-state index in [1.165, 1.54) is 31.4 Å². The molecule has 0 aromatic heterocycles. The lowest BCUT2D eigenvalue weighted by Gasteiger charge is -2.38. The molecule has 2 heterocycles. The second-order valence-corrected chi connectivity index (χ2v) is 8.31. The highest BCUT2D eigenvalue weighted by Gasteiger charge is 2.48. The molecule has 2 saturated carbocycles. The number of carbonyl (C=O) groups excluding carboxylic acids is 1. The number of thioether (sulfide) groups is 1. The Labute approximate surface area is 120 Å². The van der Waals surface area contributed by atoms with E-state index in [9.17, 15) is 4.79 Å². The fourth-order valence-electron chi connectivity index (χ4n) is 5.03. The fourth-order valence-corrected chi connectivity index (χ4v) is 6.41. The third kappa shape index (κ3) is 2.17. The second kappa shape index (κ2) is 4.77. The van der Waals surface area contributed by atoms with E-state index in [1.54, 1.807) is 0 Å². The molecule has 5 unspecified atom stereocenters. The van der Waals surface area contributed by atoms with Crippen molar-refractivity contribution in [3.63, 3.8) is 0 Å². The number of rotatable bonds is 2. The molecule has 0 aromatic rings. The van der Waals surface area contributed by atoms with Gasteiger partial charge in [-0.15, -0.1) is 0 Å². The maximum Gasteiger partial charge on any atom is 0.139 e. The van der Waals surface area contributed by atoms with E-state index in [4.69, 9.17) is 4.74 Å². The van der Waals surface area contributed by atoms with Gasteiger partial charge >= 0.3 is 0 Å². The molecule has 19 heavy (non-hydrogen) atoms. The summed E-state index contributed by atoms with van der Waals surface area (Å²) in [6.07, 6.45) is 8.45. The Morgan fingerprint density at radius 2 is 2.16 bits per heavy atom. The number of carbonyl (C=O) groups is 1. The molecular weight excluding hydrogens is 256 g/mol. The Kier molecular flexibility index (Phi) is 3.19. The molecule has 2 aliphatic heterocycles. The molecule has 0 aromatic carbocycles. The summed E-state index contributed by atoms with van der Waals surface area (Å²) < 4.78 is 6.06. The third-order valence-electron chi connectivity index (χ3n) is 6.07. The van der Waals surface area contributed by atoms with Crippen LogP contribution in [0, 0.1) is 23.7 Å². The SMILES string of the molecule is O=C(C1CCOC2(CCSC2)C1)C1CC2CCC1C2. The highest BCUT2D eigenvalue weighted by Crippen LogP contribution is 2.51. The molecule has 2 bridgehead atoms. The van der Waals surface area contributed by atoms with Crippen molar-refractivity contribution in [2.75, 3.05) is 18.1 Å². The molecule has 2 nitrogen and oxygen atoms in total. The van der Waals surface area contributed by atoms with E-state index in [2.05, 4.69) is 0 Å². The minimum absolute atomic E-state index is 0.0703. The van der Waals surface area contributed by atoms with Crippen molar-refractivity contribution in [2.45, 2.75) is 50.5 Å². The van der Waals surface area contributed by atoms with Crippen molar-refractivity contribution >= 4 is 17.5 Å². The first-order valence-electron chi connectivity index (χ1n) is 8.01. The zero-order valence-electron chi connectivity index (χ0n) is 11.6. The summed E-state index contributed by atoms with van der Waals surface area (Å²) in [7, 11) is 0. The van der Waals surface area contributed by atoms with Gasteiger partial charge in [0.2, 0.25) is 0 Å². The van der Waals surface area contributed by atoms with Gasteiger partial charge in [0, 0.05) is 24.2 Å². The van der Waals surface area contributed by atoms with Crippen molar-refractivity contribution in [1.82, 2.24) is 0 Å². The van der Waals surface area contributed by atoms with Crippen LogP contribution in [-0.2, 0) is 9.53 Å². The number of fused-ring (bicyclic) bond motifs is 2. The van der Waals surface area contributed by atoms with Gasteiger partial charge in [-0.2, -0.15) is 11.8 Å². The van der Waals surface area contributed by atoms with E-state index >= 15 is 0 Å². The Bertz CT molecular complexity index is 375. The molecule has 106 valence electrons. The summed E-state index contributed by atoms with van der Waals surface area (Å²) in [5, 5.41) is 0. The van der Waals surface area contributed by atoms with Crippen LogP contribution in [0.2, 0.25) is 0 Å². The van der Waals surface area contributed by atoms with Crippen molar-refractivity contribution in [1.29, 1.82) is 0 Å². The van der Waals surface area contributed by atoms with Gasteiger partial charge in [0.15, 0.2) is 0 Å². The van der Waals surface area contributed by atoms with Crippen LogP contribution >= 0.6 is 11.8 Å². The smallest absolute Gasteiger partial charge is 0.139 e. The average molecular weight is 280 g/mol. The van der Waals surface area contributed by atoms with Gasteiger partial charge in [0.1, 0.15) is 5.78 Å². The largest absolute Gasteiger partial charge is 0.374 e. The van der Waals surface area contributed by atoms with Crippen LogP contribution in [0.1, 0.15) is 44.9 Å². The van der Waals surface area contributed by atoms with Crippen LogP contribution < -0.4 is 0 Å². The molecular formula is C16H24O2S. The molecule has 1 spiro atoms. The Hall–Kier alpha value is -0.0200. The Morgan fingerprint density at radius 3 is 2.84 bits per heavy atom. The van der Waals surface area contributed by atoms with Crippen LogP contribution in [0.15, 0.2) is 0 Å². The quantitative estimate of drug-likeness (QED) is 0.776. The van der Waals surface area contributed by atoms with Crippen molar-refractivity contribution < 1.29 is 9.53 Å². The van der Waals surface area contributed by atoms with Crippen LogP contribution in [-0.4, -0.2) is 29.5 Å². The lowest BCUT2D eigenvalue weighted by Crippen LogP contribution is -2.43. The minimum Gasteiger partial charge on any atom is -0.374 e. The highest BCUT2D eigenvalue weighted by atomic mass is 32.2. The summed E-state index contributed by atoms with van der Waals surface area (Å²) in [6, 6.07) is 0. The molecule has 0 amide bonds. The average Bonchev–Trinajstić information content (AvgIpc) is 3.14. The van der Waals surface area contributed by atoms with Crippen LogP contribution in [0.5, 0.6) is 0 Å². The predicted molar refractivity (Wildman–Crippen MR) is 77.3 cm³/mol. The minimum atomic E-state index is 0.0703. The fraction of sp³-hybridized carbons (Fsp3) is 0.938. The van der Waals surface area contributed by atoms with E-state index in [1.807, 2.05) is 11.8 Å². The molecule has 3 heteroatoms. The van der Waals surface area contributed by atoms with E-state index in [0.717, 1.165) is 43.5 Å². The molecule has 2 saturated heterocycles. The maximum atomic E-state index is 12.9. The summed E-state index contributed by atoms with van der Waals surface area (Å²) in [4.78, 5) is 12.9. The maximum absolute atomic E-state index is 12.9. The molecule has 4 rings (SSSR count). The summed E-state index contributed by atoms with van der Waals surface area (Å²) in [6.45, 7) is 0.817. The first-order valence-corrected chi connectivity index (χ1v) is 9.17. The van der Waals surface area contributed by atoms with Gasteiger partial charge in [-0.3, -0.25) is 4.79 Å². The summed E-state index contributed by atoms with van der Waals surface area (Å²) in [5.41, 5.74) is 0.0703. The first-order chi connectivity index (χ1) is 9.26. The molecule has 2 aliphatic carbocycles. The lowest BCUT2D eigenvalue weighted by atomic mass is 9.75. The van der Waals surface area contributed by atoms with Gasteiger partial charge in [-0.1, -0.05) is 6.42 Å². The Balaban J connectivity index is 1.45. The summed E-state index contributed by atoms with van der Waals surface area (Å²) >= 11 is 2.00. The van der Waals surface area contributed by atoms with Gasteiger partial charge in [0.25, 0.3) is 0 Å². The first kappa shape index (κ1) is 12.7. The van der Waals surface area contributed by atoms with Crippen molar-refractivity contribution in [3.05, 3.63) is 0 Å². The summed E-state index contributed by atoms with van der Waals surface area (Å²) in [5.74, 6) is 5.32. The molecule has 5 atom stereocenters. The van der Waals surface area contributed by atoms with E-state index in [0.29, 0.717) is 17.6 Å². The van der Waals surface area contributed by atoms with E-state index in [-0.39, 0.29) is 5.60 Å². The Morgan fingerprint density at radius 1 is 1.21 bits per heavy atom. The predicted octanol–water partition coefficient (Wildman–Crippen LogP) is 3.29. The van der Waals surface area contributed by atoms with Crippen molar-refractivity contribution in [2.24, 2.45) is 23.7 Å². The zero-order valence-corrected chi connectivity index (χ0v) is 12.4. The van der Waals surface area contributed by atoms with Gasteiger partial charge in [-0.25, -0.2) is 0 Å². The number of ether oxygens (including phenoxy) is 1. The van der Waals surface area contributed by atoms with Gasteiger partial charge < -0.3 is 4.74 Å². The zero-order chi connectivity index (χ0) is 12.9.